The molecule has 0 radical (unpaired) electrons. The second kappa shape index (κ2) is 16.1. The average Bonchev–Trinajstić information content (AvgIpc) is 2.60. The van der Waals surface area contributed by atoms with E-state index in [0.717, 1.165) is 12.8 Å². The van der Waals surface area contributed by atoms with E-state index >= 15 is 0 Å². The molecule has 0 saturated heterocycles. The first-order chi connectivity index (χ1) is 11.7. The van der Waals surface area contributed by atoms with Gasteiger partial charge in [-0.2, -0.15) is 8.42 Å². The maximum atomic E-state index is 11.9. The van der Waals surface area contributed by atoms with Crippen molar-refractivity contribution in [1.29, 1.82) is 0 Å². The molecule has 0 aliphatic rings. The standard InChI is InChI=1S/C20H34O3S.Mg.2H/c1-2-3-4-5-6-7-8-9-10-11-12-16-19-23-24(21,22)20-17-14-13-15-18-20;;;/h13-15,17-18H,2-12,16,19H2,1H3;;;/q;+2;2*-1. The third-order valence-electron chi connectivity index (χ3n) is 4.27. The summed E-state index contributed by atoms with van der Waals surface area (Å²) in [5.74, 6) is 0. The van der Waals surface area contributed by atoms with Gasteiger partial charge in [0.15, 0.2) is 0 Å². The van der Waals surface area contributed by atoms with E-state index in [9.17, 15) is 8.42 Å². The Kier molecular flexibility index (Phi) is 16.0. The van der Waals surface area contributed by atoms with Crippen LogP contribution < -0.4 is 0 Å². The van der Waals surface area contributed by atoms with E-state index < -0.39 is 10.1 Å². The first-order valence-electron chi connectivity index (χ1n) is 9.61. The van der Waals surface area contributed by atoms with Crippen molar-refractivity contribution >= 4 is 33.2 Å². The quantitative estimate of drug-likeness (QED) is 0.215. The average molecular weight is 381 g/mol. The van der Waals surface area contributed by atoms with E-state index in [1.807, 2.05) is 0 Å². The van der Waals surface area contributed by atoms with Gasteiger partial charge in [0.25, 0.3) is 10.1 Å². The van der Waals surface area contributed by atoms with Gasteiger partial charge in [-0.3, -0.25) is 4.18 Å². The summed E-state index contributed by atoms with van der Waals surface area (Å²) in [6, 6.07) is 8.35. The number of hydrogen-bond acceptors (Lipinski definition) is 3. The number of benzene rings is 1. The minimum atomic E-state index is -3.57. The topological polar surface area (TPSA) is 43.4 Å². The Bertz CT molecular complexity index is 513. The minimum Gasteiger partial charge on any atom is -1.00 e. The molecule has 142 valence electrons. The molecule has 3 nitrogen and oxygen atoms in total. The fourth-order valence-corrected chi connectivity index (χ4v) is 3.73. The molecule has 1 aromatic rings. The molecule has 0 atom stereocenters. The molecule has 25 heavy (non-hydrogen) atoms. The largest absolute Gasteiger partial charge is 2.00 e. The maximum Gasteiger partial charge on any atom is 2.00 e. The molecular weight excluding hydrogens is 345 g/mol. The molecule has 0 fully saturated rings. The van der Waals surface area contributed by atoms with Crippen molar-refractivity contribution in [3.05, 3.63) is 30.3 Å². The second-order valence-corrected chi connectivity index (χ2v) is 8.09. The zero-order chi connectivity index (χ0) is 17.5. The van der Waals surface area contributed by atoms with Gasteiger partial charge in [0, 0.05) is 0 Å². The van der Waals surface area contributed by atoms with Crippen molar-refractivity contribution in [2.24, 2.45) is 0 Å². The second-order valence-electron chi connectivity index (χ2n) is 6.48. The number of hydrogen-bond donors (Lipinski definition) is 0. The maximum absolute atomic E-state index is 11.9. The van der Waals surface area contributed by atoms with Crippen molar-refractivity contribution in [2.45, 2.75) is 88.9 Å². The van der Waals surface area contributed by atoms with Crippen LogP contribution in [0.2, 0.25) is 0 Å². The third-order valence-corrected chi connectivity index (χ3v) is 5.59. The molecule has 0 amide bonds. The van der Waals surface area contributed by atoms with Gasteiger partial charge in [-0.05, 0) is 18.6 Å². The van der Waals surface area contributed by atoms with Crippen LogP contribution in [0, 0.1) is 0 Å². The first kappa shape index (κ1) is 24.9. The summed E-state index contributed by atoms with van der Waals surface area (Å²) in [7, 11) is -3.57. The predicted molar refractivity (Wildman–Crippen MR) is 109 cm³/mol. The first-order valence-corrected chi connectivity index (χ1v) is 11.0. The van der Waals surface area contributed by atoms with Crippen molar-refractivity contribution in [1.82, 2.24) is 0 Å². The van der Waals surface area contributed by atoms with Gasteiger partial charge in [-0.1, -0.05) is 95.8 Å². The molecular formula is C20H36MgO3S. The van der Waals surface area contributed by atoms with Crippen LogP contribution in [0.5, 0.6) is 0 Å². The van der Waals surface area contributed by atoms with E-state index in [1.54, 1.807) is 30.3 Å². The van der Waals surface area contributed by atoms with Crippen LogP contribution in [0.25, 0.3) is 0 Å². The summed E-state index contributed by atoms with van der Waals surface area (Å²) < 4.78 is 28.9. The van der Waals surface area contributed by atoms with Crippen molar-refractivity contribution in [3.8, 4) is 0 Å². The van der Waals surface area contributed by atoms with Gasteiger partial charge in [0.2, 0.25) is 0 Å². The SMILES string of the molecule is CCCCCCCCCCCCCCOS(=O)(=O)c1ccccc1.[H-].[H-].[Mg+2]. The summed E-state index contributed by atoms with van der Waals surface area (Å²) in [4.78, 5) is 0.240. The molecule has 1 rings (SSSR count). The monoisotopic (exact) mass is 380 g/mol. The number of rotatable bonds is 15. The third kappa shape index (κ3) is 12.8. The van der Waals surface area contributed by atoms with Crippen molar-refractivity contribution < 1.29 is 15.5 Å². The Morgan fingerprint density at radius 3 is 1.68 bits per heavy atom. The summed E-state index contributed by atoms with van der Waals surface area (Å²) in [6.07, 6.45) is 15.1. The van der Waals surface area contributed by atoms with Gasteiger partial charge in [0.05, 0.1) is 11.5 Å². The molecule has 0 N–H and O–H groups in total. The van der Waals surface area contributed by atoms with Crippen LogP contribution >= 0.6 is 0 Å². The Labute approximate surface area is 174 Å². The van der Waals surface area contributed by atoms with Gasteiger partial charge in [-0.25, -0.2) is 0 Å². The molecule has 0 spiro atoms. The van der Waals surface area contributed by atoms with E-state index in [2.05, 4.69) is 6.92 Å². The van der Waals surface area contributed by atoms with Crippen LogP contribution in [0.15, 0.2) is 35.2 Å². The van der Waals surface area contributed by atoms with Gasteiger partial charge < -0.3 is 2.85 Å². The molecule has 0 unspecified atom stereocenters. The molecule has 0 saturated carbocycles. The Morgan fingerprint density at radius 2 is 1.20 bits per heavy atom. The predicted octanol–water partition coefficient (Wildman–Crippen LogP) is 5.94. The molecule has 0 aliphatic heterocycles. The smallest absolute Gasteiger partial charge is 1.00 e. The van der Waals surface area contributed by atoms with Crippen LogP contribution in [-0.2, 0) is 14.3 Å². The van der Waals surface area contributed by atoms with Gasteiger partial charge in [-0.15, -0.1) is 0 Å². The van der Waals surface area contributed by atoms with Gasteiger partial charge >= 0.3 is 23.1 Å². The van der Waals surface area contributed by atoms with E-state index in [-0.39, 0.29) is 37.4 Å². The molecule has 5 heteroatoms. The summed E-state index contributed by atoms with van der Waals surface area (Å²) in [6.45, 7) is 2.54. The van der Waals surface area contributed by atoms with Crippen LogP contribution in [-0.4, -0.2) is 38.1 Å². The van der Waals surface area contributed by atoms with Crippen LogP contribution in [0.1, 0.15) is 86.8 Å². The molecule has 0 aromatic heterocycles. The fourth-order valence-electron chi connectivity index (χ4n) is 2.77. The Morgan fingerprint density at radius 1 is 0.760 bits per heavy atom. The molecule has 0 bridgehead atoms. The number of unbranched alkanes of at least 4 members (excludes halogenated alkanes) is 11. The minimum absolute atomic E-state index is 0. The Balaban J connectivity index is -0.00000192. The molecule has 0 aliphatic carbocycles. The summed E-state index contributed by atoms with van der Waals surface area (Å²) in [5, 5.41) is 0. The molecule has 1 aromatic carbocycles. The van der Waals surface area contributed by atoms with E-state index in [4.69, 9.17) is 4.18 Å². The van der Waals surface area contributed by atoms with Crippen molar-refractivity contribution in [3.63, 3.8) is 0 Å². The fraction of sp³-hybridized carbons (Fsp3) is 0.700. The Hall–Kier alpha value is -0.104. The molecule has 0 heterocycles. The summed E-state index contributed by atoms with van der Waals surface area (Å²) >= 11 is 0. The zero-order valence-electron chi connectivity index (χ0n) is 17.9. The van der Waals surface area contributed by atoms with Crippen molar-refractivity contribution in [2.75, 3.05) is 6.61 Å². The van der Waals surface area contributed by atoms with Crippen LogP contribution in [0.4, 0.5) is 0 Å². The normalized spacial score (nSPS) is 11.2. The summed E-state index contributed by atoms with van der Waals surface area (Å²) in [5.41, 5.74) is 0. The van der Waals surface area contributed by atoms with E-state index in [0.29, 0.717) is 0 Å². The zero-order valence-corrected chi connectivity index (χ0v) is 18.1. The van der Waals surface area contributed by atoms with Crippen LogP contribution in [0.3, 0.4) is 0 Å². The van der Waals surface area contributed by atoms with Gasteiger partial charge in [0.1, 0.15) is 0 Å². The van der Waals surface area contributed by atoms with E-state index in [1.165, 1.54) is 64.2 Å².